The minimum atomic E-state index is -0.897. The third-order valence-electron chi connectivity index (χ3n) is 1.91. The summed E-state index contributed by atoms with van der Waals surface area (Å²) in [5, 5.41) is 12.3. The van der Waals surface area contributed by atoms with Crippen LogP contribution in [0, 0.1) is 0 Å². The maximum atomic E-state index is 10.4. The summed E-state index contributed by atoms with van der Waals surface area (Å²) in [7, 11) is 0. The first-order chi connectivity index (χ1) is 5.70. The van der Waals surface area contributed by atoms with Gasteiger partial charge < -0.3 is 16.2 Å². The number of hydrogen-bond acceptors (Lipinski definition) is 4. The fourth-order valence-electron chi connectivity index (χ4n) is 1.13. The molecule has 0 aromatic heterocycles. The molecule has 70 valence electrons. The number of nitrogens with one attached hydrogen (secondary N) is 1. The molecule has 4 nitrogen and oxygen atoms in total. The van der Waals surface area contributed by atoms with Crippen molar-refractivity contribution in [1.82, 2.24) is 5.32 Å². The summed E-state index contributed by atoms with van der Waals surface area (Å²) in [6, 6.07) is -0.689. The van der Waals surface area contributed by atoms with E-state index in [4.69, 9.17) is 10.8 Å². The fourth-order valence-corrected chi connectivity index (χ4v) is 2.14. The van der Waals surface area contributed by atoms with Gasteiger partial charge in [-0.05, 0) is 12.8 Å². The van der Waals surface area contributed by atoms with Crippen LogP contribution in [-0.4, -0.2) is 34.8 Å². The first-order valence-corrected chi connectivity index (χ1v) is 5.05. The van der Waals surface area contributed by atoms with Gasteiger partial charge in [0.15, 0.2) is 0 Å². The average molecular weight is 190 g/mol. The van der Waals surface area contributed by atoms with Crippen LogP contribution >= 0.6 is 11.8 Å². The second-order valence-electron chi connectivity index (χ2n) is 2.91. The molecule has 1 aliphatic rings. The highest BCUT2D eigenvalue weighted by Crippen LogP contribution is 2.19. The van der Waals surface area contributed by atoms with Crippen molar-refractivity contribution < 1.29 is 9.90 Å². The SMILES string of the molecule is NC(CC[C@H]1CNCS1)C(=O)O. The van der Waals surface area contributed by atoms with E-state index in [2.05, 4.69) is 5.32 Å². The van der Waals surface area contributed by atoms with E-state index in [1.54, 1.807) is 0 Å². The van der Waals surface area contributed by atoms with Crippen LogP contribution in [0.2, 0.25) is 0 Å². The van der Waals surface area contributed by atoms with Crippen LogP contribution in [0.4, 0.5) is 0 Å². The topological polar surface area (TPSA) is 75.3 Å². The molecule has 1 saturated heterocycles. The molecule has 0 bridgehead atoms. The van der Waals surface area contributed by atoms with E-state index < -0.39 is 12.0 Å². The molecule has 1 unspecified atom stereocenters. The average Bonchev–Trinajstić information content (AvgIpc) is 2.51. The quantitative estimate of drug-likeness (QED) is 0.574. The van der Waals surface area contributed by atoms with Crippen molar-refractivity contribution in [2.75, 3.05) is 12.4 Å². The Hall–Kier alpha value is -0.260. The molecule has 0 aromatic rings. The monoisotopic (exact) mass is 190 g/mol. The van der Waals surface area contributed by atoms with Gasteiger partial charge in [0, 0.05) is 17.7 Å². The van der Waals surface area contributed by atoms with Gasteiger partial charge in [0.2, 0.25) is 0 Å². The molecular formula is C7H14N2O2S. The van der Waals surface area contributed by atoms with Gasteiger partial charge >= 0.3 is 5.97 Å². The van der Waals surface area contributed by atoms with Crippen LogP contribution < -0.4 is 11.1 Å². The lowest BCUT2D eigenvalue weighted by atomic mass is 10.1. The summed E-state index contributed by atoms with van der Waals surface area (Å²) in [6.45, 7) is 0.983. The minimum Gasteiger partial charge on any atom is -0.480 e. The molecule has 4 N–H and O–H groups in total. The standard InChI is InChI=1S/C7H14N2O2S/c8-6(7(10)11)2-1-5-3-9-4-12-5/h5-6,9H,1-4,8H2,(H,10,11)/t5-,6?/m0/s1. The second kappa shape index (κ2) is 4.69. The van der Waals surface area contributed by atoms with Crippen molar-refractivity contribution >= 4 is 17.7 Å². The van der Waals surface area contributed by atoms with Crippen molar-refractivity contribution in [3.8, 4) is 0 Å². The lowest BCUT2D eigenvalue weighted by Gasteiger charge is -2.09. The highest BCUT2D eigenvalue weighted by molar-refractivity contribution is 8.00. The van der Waals surface area contributed by atoms with E-state index in [9.17, 15) is 4.79 Å². The second-order valence-corrected chi connectivity index (χ2v) is 4.20. The molecule has 1 heterocycles. The Kier molecular flexibility index (Phi) is 3.84. The summed E-state index contributed by atoms with van der Waals surface area (Å²) >= 11 is 1.84. The van der Waals surface area contributed by atoms with E-state index in [1.165, 1.54) is 0 Å². The Labute approximate surface area is 75.9 Å². The molecule has 0 aromatic carbocycles. The predicted molar refractivity (Wildman–Crippen MR) is 49.1 cm³/mol. The van der Waals surface area contributed by atoms with Crippen LogP contribution in [0.5, 0.6) is 0 Å². The van der Waals surface area contributed by atoms with Crippen LogP contribution in [0.15, 0.2) is 0 Å². The number of carbonyl (C=O) groups is 1. The van der Waals surface area contributed by atoms with Gasteiger partial charge in [0.1, 0.15) is 6.04 Å². The highest BCUT2D eigenvalue weighted by atomic mass is 32.2. The Balaban J connectivity index is 2.11. The van der Waals surface area contributed by atoms with E-state index in [0.717, 1.165) is 18.8 Å². The number of thioether (sulfide) groups is 1. The van der Waals surface area contributed by atoms with E-state index in [1.807, 2.05) is 11.8 Å². The number of aliphatic carboxylic acids is 1. The predicted octanol–water partition coefficient (Wildman–Crippen LogP) is -0.159. The first kappa shape index (κ1) is 9.83. The highest BCUT2D eigenvalue weighted by Gasteiger charge is 2.18. The third-order valence-corrected chi connectivity index (χ3v) is 3.15. The lowest BCUT2D eigenvalue weighted by Crippen LogP contribution is -2.31. The molecule has 2 atom stereocenters. The summed E-state index contributed by atoms with van der Waals surface area (Å²) in [5.74, 6) is 0.0819. The molecule has 1 rings (SSSR count). The molecule has 1 aliphatic heterocycles. The minimum absolute atomic E-state index is 0.551. The van der Waals surface area contributed by atoms with E-state index >= 15 is 0 Å². The summed E-state index contributed by atoms with van der Waals surface area (Å²) in [5.41, 5.74) is 5.37. The molecule has 0 amide bonds. The summed E-state index contributed by atoms with van der Waals surface area (Å²) in [6.07, 6.45) is 1.47. The van der Waals surface area contributed by atoms with Crippen molar-refractivity contribution in [1.29, 1.82) is 0 Å². The molecule has 5 heteroatoms. The van der Waals surface area contributed by atoms with Crippen LogP contribution in [-0.2, 0) is 4.79 Å². The molecule has 0 saturated carbocycles. The van der Waals surface area contributed by atoms with Crippen molar-refractivity contribution in [2.45, 2.75) is 24.1 Å². The number of nitrogens with two attached hydrogens (primary N) is 1. The third kappa shape index (κ3) is 3.00. The Bertz CT molecular complexity index is 159. The van der Waals surface area contributed by atoms with Crippen molar-refractivity contribution in [3.05, 3.63) is 0 Å². The first-order valence-electron chi connectivity index (χ1n) is 4.01. The van der Waals surface area contributed by atoms with Gasteiger partial charge in [-0.1, -0.05) is 0 Å². The van der Waals surface area contributed by atoms with Gasteiger partial charge in [-0.15, -0.1) is 11.8 Å². The van der Waals surface area contributed by atoms with Gasteiger partial charge in [-0.2, -0.15) is 0 Å². The molecule has 0 radical (unpaired) electrons. The van der Waals surface area contributed by atoms with Crippen molar-refractivity contribution in [2.24, 2.45) is 5.73 Å². The van der Waals surface area contributed by atoms with E-state index in [0.29, 0.717) is 11.7 Å². The van der Waals surface area contributed by atoms with Gasteiger partial charge in [0.05, 0.1) is 0 Å². The maximum Gasteiger partial charge on any atom is 0.320 e. The number of hydrogen-bond donors (Lipinski definition) is 3. The molecule has 0 aliphatic carbocycles. The summed E-state index contributed by atoms with van der Waals surface area (Å²) < 4.78 is 0. The lowest BCUT2D eigenvalue weighted by molar-refractivity contribution is -0.138. The van der Waals surface area contributed by atoms with E-state index in [-0.39, 0.29) is 0 Å². The zero-order valence-electron chi connectivity index (χ0n) is 6.82. The molecule has 12 heavy (non-hydrogen) atoms. The molecule has 0 spiro atoms. The molecule has 1 fully saturated rings. The summed E-state index contributed by atoms with van der Waals surface area (Å²) in [4.78, 5) is 10.4. The van der Waals surface area contributed by atoms with Crippen LogP contribution in [0.25, 0.3) is 0 Å². The maximum absolute atomic E-state index is 10.4. The Morgan fingerprint density at radius 1 is 1.83 bits per heavy atom. The van der Waals surface area contributed by atoms with Gasteiger partial charge in [-0.25, -0.2) is 0 Å². The number of carboxylic acids is 1. The fraction of sp³-hybridized carbons (Fsp3) is 0.857. The number of rotatable bonds is 4. The smallest absolute Gasteiger partial charge is 0.320 e. The molecular weight excluding hydrogens is 176 g/mol. The van der Waals surface area contributed by atoms with Crippen LogP contribution in [0.3, 0.4) is 0 Å². The Morgan fingerprint density at radius 3 is 3.08 bits per heavy atom. The normalized spacial score (nSPS) is 25.6. The van der Waals surface area contributed by atoms with Crippen LogP contribution in [0.1, 0.15) is 12.8 Å². The van der Waals surface area contributed by atoms with Crippen molar-refractivity contribution in [3.63, 3.8) is 0 Å². The Morgan fingerprint density at radius 2 is 2.58 bits per heavy atom. The van der Waals surface area contributed by atoms with Gasteiger partial charge in [-0.3, -0.25) is 4.79 Å². The zero-order chi connectivity index (χ0) is 8.97. The zero-order valence-corrected chi connectivity index (χ0v) is 7.64. The van der Waals surface area contributed by atoms with Gasteiger partial charge in [0.25, 0.3) is 0 Å². The number of carboxylic acid groups (broad SMARTS) is 1. The largest absolute Gasteiger partial charge is 0.480 e.